The highest BCUT2D eigenvalue weighted by Crippen LogP contribution is 2.12. The SMILES string of the molecule is CC(O)C(CCN)OC(CCN)C(C)O. The molecule has 0 radical (unpaired) electrons. The molecule has 0 aliphatic carbocycles. The molecule has 0 rings (SSSR count). The smallest absolute Gasteiger partial charge is 0.0848 e. The van der Waals surface area contributed by atoms with E-state index in [2.05, 4.69) is 0 Å². The Hall–Kier alpha value is -0.200. The monoisotopic (exact) mass is 220 g/mol. The molecule has 0 aliphatic rings. The van der Waals surface area contributed by atoms with Crippen LogP contribution in [0, 0.1) is 0 Å². The fourth-order valence-electron chi connectivity index (χ4n) is 1.40. The van der Waals surface area contributed by atoms with E-state index in [-0.39, 0.29) is 12.2 Å². The zero-order valence-electron chi connectivity index (χ0n) is 9.60. The third kappa shape index (κ3) is 6.06. The van der Waals surface area contributed by atoms with Gasteiger partial charge < -0.3 is 26.4 Å². The first-order valence-electron chi connectivity index (χ1n) is 5.44. The normalized spacial score (nSPS) is 19.6. The molecule has 0 bridgehead atoms. The van der Waals surface area contributed by atoms with Crippen molar-refractivity contribution in [2.75, 3.05) is 13.1 Å². The maximum atomic E-state index is 9.45. The van der Waals surface area contributed by atoms with E-state index in [4.69, 9.17) is 16.2 Å². The summed E-state index contributed by atoms with van der Waals surface area (Å²) in [5, 5.41) is 18.9. The van der Waals surface area contributed by atoms with Gasteiger partial charge >= 0.3 is 0 Å². The summed E-state index contributed by atoms with van der Waals surface area (Å²) in [6.07, 6.45) is -0.695. The van der Waals surface area contributed by atoms with Crippen LogP contribution in [0.4, 0.5) is 0 Å². The van der Waals surface area contributed by atoms with Gasteiger partial charge in [-0.15, -0.1) is 0 Å². The minimum absolute atomic E-state index is 0.332. The van der Waals surface area contributed by atoms with E-state index < -0.39 is 12.2 Å². The Kier molecular flexibility index (Phi) is 7.90. The lowest BCUT2D eigenvalue weighted by Crippen LogP contribution is -2.38. The van der Waals surface area contributed by atoms with Crippen molar-refractivity contribution in [3.63, 3.8) is 0 Å². The van der Waals surface area contributed by atoms with Crippen LogP contribution in [0.2, 0.25) is 0 Å². The number of hydrogen-bond donors (Lipinski definition) is 4. The summed E-state index contributed by atoms with van der Waals surface area (Å²) in [6.45, 7) is 4.21. The van der Waals surface area contributed by atoms with Gasteiger partial charge in [-0.2, -0.15) is 0 Å². The van der Waals surface area contributed by atoms with Gasteiger partial charge in [-0.3, -0.25) is 0 Å². The molecule has 0 heterocycles. The molecule has 92 valence electrons. The molecule has 0 spiro atoms. The molecule has 4 atom stereocenters. The third-order valence-corrected chi connectivity index (χ3v) is 2.33. The minimum atomic E-state index is -0.590. The molecule has 0 aliphatic heterocycles. The van der Waals surface area contributed by atoms with Gasteiger partial charge in [-0.05, 0) is 39.8 Å². The van der Waals surface area contributed by atoms with E-state index in [1.807, 2.05) is 0 Å². The zero-order chi connectivity index (χ0) is 11.8. The van der Waals surface area contributed by atoms with Gasteiger partial charge in [0, 0.05) is 0 Å². The lowest BCUT2D eigenvalue weighted by Gasteiger charge is -2.28. The van der Waals surface area contributed by atoms with E-state index >= 15 is 0 Å². The molecular formula is C10H24N2O3. The molecule has 0 aromatic rings. The standard InChI is InChI=1S/C10H24N2O3/c1-7(13)9(3-5-11)15-10(4-6-12)8(2)14/h7-10,13-14H,3-6,11-12H2,1-2H3. The van der Waals surface area contributed by atoms with Crippen LogP contribution in [0.3, 0.4) is 0 Å². The molecule has 5 heteroatoms. The Morgan fingerprint density at radius 2 is 1.27 bits per heavy atom. The second-order valence-electron chi connectivity index (χ2n) is 3.85. The van der Waals surface area contributed by atoms with Gasteiger partial charge in [-0.25, -0.2) is 0 Å². The van der Waals surface area contributed by atoms with Gasteiger partial charge in [0.2, 0.25) is 0 Å². The fraction of sp³-hybridized carbons (Fsp3) is 1.00. The van der Waals surface area contributed by atoms with Crippen molar-refractivity contribution in [3.8, 4) is 0 Å². The van der Waals surface area contributed by atoms with Gasteiger partial charge in [0.05, 0.1) is 24.4 Å². The summed E-state index contributed by atoms with van der Waals surface area (Å²) in [5.41, 5.74) is 10.8. The highest BCUT2D eigenvalue weighted by molar-refractivity contribution is 4.72. The van der Waals surface area contributed by atoms with Crippen molar-refractivity contribution in [1.82, 2.24) is 0 Å². The van der Waals surface area contributed by atoms with Crippen molar-refractivity contribution in [3.05, 3.63) is 0 Å². The summed E-state index contributed by atoms with van der Waals surface area (Å²) in [6, 6.07) is 0. The Bertz CT molecular complexity index is 138. The summed E-state index contributed by atoms with van der Waals surface area (Å²) >= 11 is 0. The Morgan fingerprint density at radius 1 is 0.933 bits per heavy atom. The Morgan fingerprint density at radius 3 is 1.47 bits per heavy atom. The zero-order valence-corrected chi connectivity index (χ0v) is 9.60. The van der Waals surface area contributed by atoms with Crippen LogP contribution >= 0.6 is 0 Å². The Balaban J connectivity index is 4.19. The van der Waals surface area contributed by atoms with Crippen LogP contribution in [-0.2, 0) is 4.74 Å². The molecule has 4 unspecified atom stereocenters. The number of ether oxygens (including phenoxy) is 1. The summed E-state index contributed by atoms with van der Waals surface area (Å²) in [5.74, 6) is 0. The average Bonchev–Trinajstić information content (AvgIpc) is 2.15. The van der Waals surface area contributed by atoms with Crippen molar-refractivity contribution in [2.45, 2.75) is 51.1 Å². The second-order valence-corrected chi connectivity index (χ2v) is 3.85. The summed E-state index contributed by atoms with van der Waals surface area (Å²) < 4.78 is 5.59. The molecule has 0 saturated carbocycles. The number of aliphatic hydroxyl groups is 2. The molecule has 0 saturated heterocycles. The predicted molar refractivity (Wildman–Crippen MR) is 59.4 cm³/mol. The van der Waals surface area contributed by atoms with Gasteiger partial charge in [-0.1, -0.05) is 0 Å². The average molecular weight is 220 g/mol. The van der Waals surface area contributed by atoms with Crippen LogP contribution in [0.5, 0.6) is 0 Å². The van der Waals surface area contributed by atoms with Gasteiger partial charge in [0.15, 0.2) is 0 Å². The molecule has 0 aromatic heterocycles. The molecular weight excluding hydrogens is 196 g/mol. The molecule has 15 heavy (non-hydrogen) atoms. The van der Waals surface area contributed by atoms with Crippen molar-refractivity contribution in [1.29, 1.82) is 0 Å². The van der Waals surface area contributed by atoms with Crippen LogP contribution in [0.25, 0.3) is 0 Å². The van der Waals surface area contributed by atoms with Crippen molar-refractivity contribution < 1.29 is 14.9 Å². The summed E-state index contributed by atoms with van der Waals surface area (Å²) in [7, 11) is 0. The Labute approximate surface area is 91.4 Å². The maximum absolute atomic E-state index is 9.45. The van der Waals surface area contributed by atoms with E-state index in [0.29, 0.717) is 25.9 Å². The first-order valence-corrected chi connectivity index (χ1v) is 5.44. The van der Waals surface area contributed by atoms with E-state index in [9.17, 15) is 10.2 Å². The van der Waals surface area contributed by atoms with Gasteiger partial charge in [0.25, 0.3) is 0 Å². The minimum Gasteiger partial charge on any atom is -0.391 e. The largest absolute Gasteiger partial charge is 0.391 e. The topological polar surface area (TPSA) is 102 Å². The van der Waals surface area contributed by atoms with E-state index in [0.717, 1.165) is 0 Å². The predicted octanol–water partition coefficient (Wildman–Crippen LogP) is -0.801. The molecule has 6 N–H and O–H groups in total. The number of nitrogens with two attached hydrogens (primary N) is 2. The first-order chi connectivity index (χ1) is 7.02. The molecule has 0 amide bonds. The number of rotatable bonds is 8. The fourth-order valence-corrected chi connectivity index (χ4v) is 1.40. The van der Waals surface area contributed by atoms with Crippen LogP contribution in [0.1, 0.15) is 26.7 Å². The lowest BCUT2D eigenvalue weighted by molar-refractivity contribution is -0.111. The van der Waals surface area contributed by atoms with E-state index in [1.165, 1.54) is 0 Å². The second kappa shape index (κ2) is 8.01. The number of hydrogen-bond acceptors (Lipinski definition) is 5. The maximum Gasteiger partial charge on any atom is 0.0848 e. The van der Waals surface area contributed by atoms with Crippen molar-refractivity contribution in [2.24, 2.45) is 11.5 Å². The first kappa shape index (κ1) is 14.8. The molecule has 0 aromatic carbocycles. The summed E-state index contributed by atoms with van der Waals surface area (Å²) in [4.78, 5) is 0. The highest BCUT2D eigenvalue weighted by atomic mass is 16.5. The lowest BCUT2D eigenvalue weighted by atomic mass is 10.1. The highest BCUT2D eigenvalue weighted by Gasteiger charge is 2.22. The van der Waals surface area contributed by atoms with E-state index in [1.54, 1.807) is 13.8 Å². The van der Waals surface area contributed by atoms with Crippen molar-refractivity contribution >= 4 is 0 Å². The quantitative estimate of drug-likeness (QED) is 0.429. The molecule has 5 nitrogen and oxygen atoms in total. The number of aliphatic hydroxyl groups excluding tert-OH is 2. The van der Waals surface area contributed by atoms with Gasteiger partial charge in [0.1, 0.15) is 0 Å². The van der Waals surface area contributed by atoms with Crippen LogP contribution < -0.4 is 11.5 Å². The third-order valence-electron chi connectivity index (χ3n) is 2.33. The van der Waals surface area contributed by atoms with Crippen LogP contribution in [-0.4, -0.2) is 47.7 Å². The van der Waals surface area contributed by atoms with Crippen LogP contribution in [0.15, 0.2) is 0 Å². The molecule has 0 fully saturated rings.